The predicted octanol–water partition coefficient (Wildman–Crippen LogP) is 1.33. The molecule has 1 aliphatic rings. The molecule has 0 spiro atoms. The molecule has 1 atom stereocenters. The number of methoxy groups -OCH3 is 1. The van der Waals surface area contributed by atoms with E-state index in [9.17, 15) is 13.2 Å². The standard InChI is InChI=1S/C16H20N2O4S/c1-10-13(14-7-12(22-2)3-4-15(14)17-10)8-16(19)18-11-5-6-23(20,21)9-11/h3-4,7,11,17H,5-6,8-9H2,1-2H3,(H,18,19). The highest BCUT2D eigenvalue weighted by Crippen LogP contribution is 2.26. The largest absolute Gasteiger partial charge is 0.497 e. The molecule has 1 fully saturated rings. The Morgan fingerprint density at radius 1 is 1.43 bits per heavy atom. The van der Waals surface area contributed by atoms with Crippen molar-refractivity contribution >= 4 is 26.6 Å². The Morgan fingerprint density at radius 3 is 2.87 bits per heavy atom. The molecule has 23 heavy (non-hydrogen) atoms. The molecule has 0 radical (unpaired) electrons. The molecule has 7 heteroatoms. The van der Waals surface area contributed by atoms with E-state index in [1.165, 1.54) is 0 Å². The third-order valence-corrected chi connectivity index (χ3v) is 6.03. The number of aromatic amines is 1. The molecular weight excluding hydrogens is 316 g/mol. The zero-order valence-electron chi connectivity index (χ0n) is 13.2. The lowest BCUT2D eigenvalue weighted by Gasteiger charge is -2.11. The van der Waals surface area contributed by atoms with Crippen LogP contribution in [0, 0.1) is 6.92 Å². The van der Waals surface area contributed by atoms with E-state index < -0.39 is 9.84 Å². The Balaban J connectivity index is 1.78. The normalized spacial score (nSPS) is 19.8. The van der Waals surface area contributed by atoms with E-state index in [1.807, 2.05) is 25.1 Å². The molecule has 0 saturated carbocycles. The molecule has 2 heterocycles. The minimum atomic E-state index is -2.99. The number of carbonyl (C=O) groups excluding carboxylic acids is 1. The average molecular weight is 336 g/mol. The number of amides is 1. The van der Waals surface area contributed by atoms with Gasteiger partial charge in [0.25, 0.3) is 0 Å². The molecule has 1 unspecified atom stereocenters. The number of rotatable bonds is 4. The topological polar surface area (TPSA) is 88.3 Å². The molecule has 0 bridgehead atoms. The third-order valence-electron chi connectivity index (χ3n) is 4.26. The zero-order valence-corrected chi connectivity index (χ0v) is 14.0. The summed E-state index contributed by atoms with van der Waals surface area (Å²) in [5.74, 6) is 0.778. The van der Waals surface area contributed by atoms with Gasteiger partial charge in [0, 0.05) is 22.6 Å². The number of fused-ring (bicyclic) bond motifs is 1. The second-order valence-electron chi connectivity index (χ2n) is 5.98. The molecule has 3 rings (SSSR count). The Bertz CT molecular complexity index is 854. The van der Waals surface area contributed by atoms with Crippen molar-refractivity contribution in [1.29, 1.82) is 0 Å². The highest BCUT2D eigenvalue weighted by atomic mass is 32.2. The molecule has 1 aromatic carbocycles. The van der Waals surface area contributed by atoms with E-state index in [4.69, 9.17) is 4.74 Å². The van der Waals surface area contributed by atoms with E-state index in [2.05, 4.69) is 10.3 Å². The lowest BCUT2D eigenvalue weighted by Crippen LogP contribution is -2.36. The summed E-state index contributed by atoms with van der Waals surface area (Å²) in [4.78, 5) is 15.5. The quantitative estimate of drug-likeness (QED) is 0.882. The molecule has 1 amide bonds. The minimum Gasteiger partial charge on any atom is -0.497 e. The number of hydrogen-bond acceptors (Lipinski definition) is 4. The van der Waals surface area contributed by atoms with Crippen LogP contribution in [0.4, 0.5) is 0 Å². The number of H-pyrrole nitrogens is 1. The first-order valence-electron chi connectivity index (χ1n) is 7.53. The maximum absolute atomic E-state index is 12.3. The lowest BCUT2D eigenvalue weighted by molar-refractivity contribution is -0.120. The maximum atomic E-state index is 12.3. The summed E-state index contributed by atoms with van der Waals surface area (Å²) in [5, 5.41) is 3.78. The summed E-state index contributed by atoms with van der Waals surface area (Å²) in [6.07, 6.45) is 0.713. The van der Waals surface area contributed by atoms with E-state index in [1.54, 1.807) is 7.11 Å². The van der Waals surface area contributed by atoms with Crippen LogP contribution in [0.5, 0.6) is 5.75 Å². The lowest BCUT2D eigenvalue weighted by atomic mass is 10.1. The Hall–Kier alpha value is -2.02. The van der Waals surface area contributed by atoms with Gasteiger partial charge >= 0.3 is 0 Å². The fraction of sp³-hybridized carbons (Fsp3) is 0.438. The van der Waals surface area contributed by atoms with Crippen molar-refractivity contribution in [2.24, 2.45) is 0 Å². The highest BCUT2D eigenvalue weighted by molar-refractivity contribution is 7.91. The van der Waals surface area contributed by atoms with Crippen LogP contribution in [0.3, 0.4) is 0 Å². The van der Waals surface area contributed by atoms with Crippen LogP contribution < -0.4 is 10.1 Å². The zero-order chi connectivity index (χ0) is 16.6. The maximum Gasteiger partial charge on any atom is 0.224 e. The predicted molar refractivity (Wildman–Crippen MR) is 88.5 cm³/mol. The Morgan fingerprint density at radius 2 is 2.22 bits per heavy atom. The summed E-state index contributed by atoms with van der Waals surface area (Å²) in [7, 11) is -1.39. The first-order chi connectivity index (χ1) is 10.9. The number of ether oxygens (including phenoxy) is 1. The first kappa shape index (κ1) is 15.9. The summed E-state index contributed by atoms with van der Waals surface area (Å²) in [5.41, 5.74) is 2.80. The molecular formula is C16H20N2O4S. The Kier molecular flexibility index (Phi) is 4.06. The first-order valence-corrected chi connectivity index (χ1v) is 9.35. The number of aromatic nitrogens is 1. The van der Waals surface area contributed by atoms with Gasteiger partial charge in [-0.15, -0.1) is 0 Å². The van der Waals surface area contributed by atoms with Gasteiger partial charge in [0.15, 0.2) is 9.84 Å². The number of hydrogen-bond donors (Lipinski definition) is 2. The van der Waals surface area contributed by atoms with Crippen LogP contribution in [0.1, 0.15) is 17.7 Å². The fourth-order valence-corrected chi connectivity index (χ4v) is 4.74. The van der Waals surface area contributed by atoms with E-state index >= 15 is 0 Å². The van der Waals surface area contributed by atoms with Gasteiger partial charge in [-0.1, -0.05) is 0 Å². The van der Waals surface area contributed by atoms with Gasteiger partial charge in [-0.3, -0.25) is 4.79 Å². The van der Waals surface area contributed by atoms with Crippen molar-refractivity contribution in [1.82, 2.24) is 10.3 Å². The number of aryl methyl sites for hydroxylation is 1. The van der Waals surface area contributed by atoms with Gasteiger partial charge in [0.05, 0.1) is 25.0 Å². The summed E-state index contributed by atoms with van der Waals surface area (Å²) in [6, 6.07) is 5.42. The molecule has 1 aliphatic heterocycles. The van der Waals surface area contributed by atoms with Gasteiger partial charge < -0.3 is 15.0 Å². The van der Waals surface area contributed by atoms with E-state index in [-0.39, 0.29) is 29.9 Å². The fourth-order valence-electron chi connectivity index (χ4n) is 3.06. The van der Waals surface area contributed by atoms with Crippen molar-refractivity contribution in [2.75, 3.05) is 18.6 Å². The molecule has 124 valence electrons. The SMILES string of the molecule is COc1ccc2[nH]c(C)c(CC(=O)NC3CCS(=O)(=O)C3)c2c1. The molecule has 0 aliphatic carbocycles. The van der Waals surface area contributed by atoms with Crippen molar-refractivity contribution in [3.05, 3.63) is 29.5 Å². The number of sulfone groups is 1. The molecule has 6 nitrogen and oxygen atoms in total. The number of nitrogens with one attached hydrogen (secondary N) is 2. The highest BCUT2D eigenvalue weighted by Gasteiger charge is 2.29. The van der Waals surface area contributed by atoms with Crippen LogP contribution in [-0.2, 0) is 21.1 Å². The van der Waals surface area contributed by atoms with E-state index in [0.29, 0.717) is 6.42 Å². The van der Waals surface area contributed by atoms with Gasteiger partial charge in [0.1, 0.15) is 5.75 Å². The van der Waals surface area contributed by atoms with E-state index in [0.717, 1.165) is 27.9 Å². The van der Waals surface area contributed by atoms with Crippen molar-refractivity contribution < 1.29 is 17.9 Å². The van der Waals surface area contributed by atoms with Gasteiger partial charge in [-0.05, 0) is 37.1 Å². The smallest absolute Gasteiger partial charge is 0.224 e. The van der Waals surface area contributed by atoms with Crippen LogP contribution in [0.25, 0.3) is 10.9 Å². The second-order valence-corrected chi connectivity index (χ2v) is 8.21. The number of benzene rings is 1. The van der Waals surface area contributed by atoms with Crippen molar-refractivity contribution in [3.63, 3.8) is 0 Å². The van der Waals surface area contributed by atoms with Crippen LogP contribution >= 0.6 is 0 Å². The van der Waals surface area contributed by atoms with Crippen LogP contribution in [0.2, 0.25) is 0 Å². The number of carbonyl (C=O) groups is 1. The summed E-state index contributed by atoms with van der Waals surface area (Å²) >= 11 is 0. The third kappa shape index (κ3) is 3.34. The Labute approximate surface area is 135 Å². The van der Waals surface area contributed by atoms with Crippen molar-refractivity contribution in [2.45, 2.75) is 25.8 Å². The summed E-state index contributed by atoms with van der Waals surface area (Å²) < 4.78 is 28.2. The minimum absolute atomic E-state index is 0.0411. The average Bonchev–Trinajstić information content (AvgIpc) is 2.98. The molecule has 1 aromatic heterocycles. The van der Waals surface area contributed by atoms with Gasteiger partial charge in [-0.25, -0.2) is 8.42 Å². The molecule has 2 aromatic rings. The molecule has 2 N–H and O–H groups in total. The molecule has 1 saturated heterocycles. The van der Waals surface area contributed by atoms with Gasteiger partial charge in [-0.2, -0.15) is 0 Å². The van der Waals surface area contributed by atoms with Crippen LogP contribution in [-0.4, -0.2) is 44.0 Å². The van der Waals surface area contributed by atoms with Crippen LogP contribution in [0.15, 0.2) is 18.2 Å². The van der Waals surface area contributed by atoms with Gasteiger partial charge in [0.2, 0.25) is 5.91 Å². The summed E-state index contributed by atoms with van der Waals surface area (Å²) in [6.45, 7) is 1.93. The second kappa shape index (κ2) is 5.88. The van der Waals surface area contributed by atoms with Crippen molar-refractivity contribution in [3.8, 4) is 5.75 Å². The monoisotopic (exact) mass is 336 g/mol.